The Labute approximate surface area is 99.0 Å². The van der Waals surface area contributed by atoms with Crippen molar-refractivity contribution in [3.63, 3.8) is 0 Å². The molecule has 16 heavy (non-hydrogen) atoms. The lowest BCUT2D eigenvalue weighted by molar-refractivity contribution is 0.569. The van der Waals surface area contributed by atoms with Gasteiger partial charge < -0.3 is 5.32 Å². The number of aromatic nitrogens is 2. The average molecular weight is 234 g/mol. The topological polar surface area (TPSA) is 29.9 Å². The summed E-state index contributed by atoms with van der Waals surface area (Å²) >= 11 is 6.33. The monoisotopic (exact) mass is 233 g/mol. The number of hydrogen-bond donors (Lipinski definition) is 1. The maximum atomic E-state index is 6.33. The highest BCUT2D eigenvalue weighted by molar-refractivity contribution is 6.35. The number of fused-ring (bicyclic) bond motifs is 1. The Morgan fingerprint density at radius 1 is 1.25 bits per heavy atom. The Kier molecular flexibility index (Phi) is 2.33. The van der Waals surface area contributed by atoms with E-state index >= 15 is 0 Å². The van der Waals surface area contributed by atoms with Gasteiger partial charge in [-0.05, 0) is 6.42 Å². The fourth-order valence-corrected chi connectivity index (χ4v) is 2.30. The third kappa shape index (κ3) is 1.48. The van der Waals surface area contributed by atoms with Crippen molar-refractivity contribution >= 4 is 17.4 Å². The lowest BCUT2D eigenvalue weighted by Gasteiger charge is -2.15. The van der Waals surface area contributed by atoms with E-state index in [1.165, 1.54) is 0 Å². The first-order valence-corrected chi connectivity index (χ1v) is 5.79. The van der Waals surface area contributed by atoms with Crippen molar-refractivity contribution in [1.82, 2.24) is 9.78 Å². The average Bonchev–Trinajstić information content (AvgIpc) is 2.69. The Morgan fingerprint density at radius 3 is 2.81 bits per heavy atom. The predicted octanol–water partition coefficient (Wildman–Crippen LogP) is 3.02. The molecule has 3 rings (SSSR count). The van der Waals surface area contributed by atoms with Crippen LogP contribution in [0.1, 0.15) is 6.42 Å². The summed E-state index contributed by atoms with van der Waals surface area (Å²) in [7, 11) is 0. The quantitative estimate of drug-likeness (QED) is 0.821. The summed E-state index contributed by atoms with van der Waals surface area (Å²) in [6.07, 6.45) is 1.10. The van der Waals surface area contributed by atoms with E-state index in [9.17, 15) is 0 Å². The number of anilines is 1. The van der Waals surface area contributed by atoms with Gasteiger partial charge in [-0.25, -0.2) is 4.68 Å². The summed E-state index contributed by atoms with van der Waals surface area (Å²) in [4.78, 5) is 0. The van der Waals surface area contributed by atoms with Gasteiger partial charge in [0.05, 0.1) is 0 Å². The maximum absolute atomic E-state index is 6.33. The summed E-state index contributed by atoms with van der Waals surface area (Å²) in [5, 5.41) is 8.56. The Hall–Kier alpha value is -1.48. The summed E-state index contributed by atoms with van der Waals surface area (Å²) in [5.41, 5.74) is 1.93. The summed E-state index contributed by atoms with van der Waals surface area (Å²) in [6.45, 7) is 1.91. The molecule has 2 aromatic rings. The molecule has 3 nitrogen and oxygen atoms in total. The molecule has 0 atom stereocenters. The van der Waals surface area contributed by atoms with Crippen LogP contribution in [0.5, 0.6) is 0 Å². The molecule has 0 fully saturated rings. The second-order valence-corrected chi connectivity index (χ2v) is 4.26. The van der Waals surface area contributed by atoms with Crippen molar-refractivity contribution in [2.45, 2.75) is 13.0 Å². The fraction of sp³-hybridized carbons (Fsp3) is 0.250. The molecule has 0 radical (unpaired) electrons. The highest BCUT2D eigenvalue weighted by Crippen LogP contribution is 2.34. The lowest BCUT2D eigenvalue weighted by atomic mass is 10.1. The van der Waals surface area contributed by atoms with Crippen molar-refractivity contribution in [3.8, 4) is 11.3 Å². The predicted molar refractivity (Wildman–Crippen MR) is 65.8 cm³/mol. The molecule has 4 heteroatoms. The molecule has 0 spiro atoms. The summed E-state index contributed by atoms with van der Waals surface area (Å²) in [5.74, 6) is 0.951. The van der Waals surface area contributed by atoms with E-state index in [-0.39, 0.29) is 0 Å². The fourth-order valence-electron chi connectivity index (χ4n) is 1.99. The standard InChI is InChI=1S/C12H12ClN3/c13-10-11(9-5-2-1-3-6-9)15-16-8-4-7-14-12(10)16/h1-3,5-6,14H,4,7-8H2. The van der Waals surface area contributed by atoms with Crippen LogP contribution in [0, 0.1) is 0 Å². The highest BCUT2D eigenvalue weighted by Gasteiger charge is 2.19. The molecular formula is C12H12ClN3. The summed E-state index contributed by atoms with van der Waals surface area (Å²) < 4.78 is 1.95. The molecule has 0 amide bonds. The van der Waals surface area contributed by atoms with Gasteiger partial charge in [0, 0.05) is 18.7 Å². The van der Waals surface area contributed by atoms with Crippen LogP contribution < -0.4 is 5.32 Å². The number of nitrogens with zero attached hydrogens (tertiary/aromatic N) is 2. The van der Waals surface area contributed by atoms with E-state index in [0.29, 0.717) is 0 Å². The van der Waals surface area contributed by atoms with Crippen LogP contribution in [-0.2, 0) is 6.54 Å². The number of nitrogens with one attached hydrogen (secondary N) is 1. The largest absolute Gasteiger partial charge is 0.369 e. The van der Waals surface area contributed by atoms with Crippen molar-refractivity contribution in [2.75, 3.05) is 11.9 Å². The Morgan fingerprint density at radius 2 is 2.06 bits per heavy atom. The van der Waals surface area contributed by atoms with E-state index < -0.39 is 0 Å². The van der Waals surface area contributed by atoms with Crippen molar-refractivity contribution < 1.29 is 0 Å². The SMILES string of the molecule is Clc1c(-c2ccccc2)nn2c1NCCC2. The van der Waals surface area contributed by atoms with E-state index in [0.717, 1.165) is 41.6 Å². The first-order chi connectivity index (χ1) is 7.86. The zero-order chi connectivity index (χ0) is 11.0. The Balaban J connectivity index is 2.12. The normalized spacial score (nSPS) is 14.3. The molecule has 0 unspecified atom stereocenters. The van der Waals surface area contributed by atoms with Crippen molar-refractivity contribution in [1.29, 1.82) is 0 Å². The van der Waals surface area contributed by atoms with Gasteiger partial charge in [-0.3, -0.25) is 0 Å². The number of hydrogen-bond acceptors (Lipinski definition) is 2. The minimum Gasteiger partial charge on any atom is -0.369 e. The Bertz CT molecular complexity index is 504. The molecule has 82 valence electrons. The number of aryl methyl sites for hydroxylation is 1. The number of benzene rings is 1. The van der Waals surface area contributed by atoms with Gasteiger partial charge >= 0.3 is 0 Å². The maximum Gasteiger partial charge on any atom is 0.143 e. The molecule has 1 N–H and O–H groups in total. The zero-order valence-corrected chi connectivity index (χ0v) is 9.54. The zero-order valence-electron chi connectivity index (χ0n) is 8.78. The van der Waals surface area contributed by atoms with Crippen molar-refractivity contribution in [3.05, 3.63) is 35.4 Å². The molecule has 0 saturated heterocycles. The van der Waals surface area contributed by atoms with E-state index in [1.807, 2.05) is 35.0 Å². The van der Waals surface area contributed by atoms with Gasteiger partial charge in [-0.2, -0.15) is 5.10 Å². The smallest absolute Gasteiger partial charge is 0.143 e. The van der Waals surface area contributed by atoms with Crippen LogP contribution in [0.3, 0.4) is 0 Å². The number of rotatable bonds is 1. The molecule has 1 aliphatic heterocycles. The van der Waals surface area contributed by atoms with Crippen LogP contribution >= 0.6 is 11.6 Å². The second-order valence-electron chi connectivity index (χ2n) is 3.88. The highest BCUT2D eigenvalue weighted by atomic mass is 35.5. The van der Waals surface area contributed by atoms with Gasteiger partial charge in [-0.1, -0.05) is 41.9 Å². The third-order valence-electron chi connectivity index (χ3n) is 2.78. The van der Waals surface area contributed by atoms with Crippen LogP contribution in [-0.4, -0.2) is 16.3 Å². The minimum atomic E-state index is 0.728. The van der Waals surface area contributed by atoms with Crippen LogP contribution in [0.15, 0.2) is 30.3 Å². The molecule has 0 aliphatic carbocycles. The summed E-state index contributed by atoms with van der Waals surface area (Å²) in [6, 6.07) is 10.0. The third-order valence-corrected chi connectivity index (χ3v) is 3.14. The lowest BCUT2D eigenvalue weighted by Crippen LogP contribution is -2.17. The van der Waals surface area contributed by atoms with Gasteiger partial charge in [0.2, 0.25) is 0 Å². The van der Waals surface area contributed by atoms with Crippen molar-refractivity contribution in [2.24, 2.45) is 0 Å². The molecule has 0 bridgehead atoms. The molecule has 1 aliphatic rings. The molecule has 2 heterocycles. The van der Waals surface area contributed by atoms with Crippen LogP contribution in [0.2, 0.25) is 5.02 Å². The van der Waals surface area contributed by atoms with E-state index in [1.54, 1.807) is 0 Å². The first kappa shape index (κ1) is 9.73. The van der Waals surface area contributed by atoms with Gasteiger partial charge in [0.15, 0.2) is 0 Å². The van der Waals surface area contributed by atoms with Gasteiger partial charge in [-0.15, -0.1) is 0 Å². The molecular weight excluding hydrogens is 222 g/mol. The van der Waals surface area contributed by atoms with Crippen LogP contribution in [0.25, 0.3) is 11.3 Å². The van der Waals surface area contributed by atoms with Gasteiger partial charge in [0.1, 0.15) is 16.5 Å². The second kappa shape index (κ2) is 3.83. The molecule has 1 aromatic carbocycles. The first-order valence-electron chi connectivity index (χ1n) is 5.42. The minimum absolute atomic E-state index is 0.728. The molecule has 0 saturated carbocycles. The van der Waals surface area contributed by atoms with E-state index in [4.69, 9.17) is 11.6 Å². The van der Waals surface area contributed by atoms with Gasteiger partial charge in [0.25, 0.3) is 0 Å². The molecule has 1 aromatic heterocycles. The van der Waals surface area contributed by atoms with E-state index in [2.05, 4.69) is 10.4 Å². The van der Waals surface area contributed by atoms with Crippen LogP contribution in [0.4, 0.5) is 5.82 Å². The number of halogens is 1.